The normalized spacial score (nSPS) is 16.2. The first-order valence-corrected chi connectivity index (χ1v) is 7.08. The molecule has 19 heavy (non-hydrogen) atoms. The molecule has 1 aromatic rings. The van der Waals surface area contributed by atoms with Gasteiger partial charge in [-0.2, -0.15) is 4.98 Å². The Balaban J connectivity index is 2.13. The minimum absolute atomic E-state index is 0.513. The van der Waals surface area contributed by atoms with Crippen molar-refractivity contribution in [2.45, 2.75) is 32.7 Å². The summed E-state index contributed by atoms with van der Waals surface area (Å²) in [4.78, 5) is 11.2. The molecule has 1 fully saturated rings. The highest BCUT2D eigenvalue weighted by Crippen LogP contribution is 2.36. The molecule has 1 aromatic heterocycles. The maximum absolute atomic E-state index is 5.22. The molecular formula is C14H24N4O. The van der Waals surface area contributed by atoms with Crippen molar-refractivity contribution in [1.82, 2.24) is 9.97 Å². The van der Waals surface area contributed by atoms with Gasteiger partial charge in [-0.3, -0.25) is 0 Å². The molecule has 0 aliphatic heterocycles. The lowest BCUT2D eigenvalue weighted by atomic mass is 10.2. The third-order valence-corrected chi connectivity index (χ3v) is 3.60. The Morgan fingerprint density at radius 1 is 1.53 bits per heavy atom. The van der Waals surface area contributed by atoms with E-state index in [2.05, 4.69) is 27.1 Å². The molecule has 5 nitrogen and oxygen atoms in total. The van der Waals surface area contributed by atoms with Gasteiger partial charge in [-0.05, 0) is 38.7 Å². The number of methoxy groups -OCH3 is 1. The average molecular weight is 264 g/mol. The van der Waals surface area contributed by atoms with Crippen molar-refractivity contribution in [2.75, 3.05) is 37.0 Å². The van der Waals surface area contributed by atoms with E-state index >= 15 is 0 Å². The van der Waals surface area contributed by atoms with E-state index in [0.717, 1.165) is 31.4 Å². The summed E-state index contributed by atoms with van der Waals surface area (Å²) in [5.74, 6) is 2.49. The molecule has 1 N–H and O–H groups in total. The van der Waals surface area contributed by atoms with Gasteiger partial charge in [-0.15, -0.1) is 0 Å². The first-order valence-electron chi connectivity index (χ1n) is 7.08. The highest BCUT2D eigenvalue weighted by Gasteiger charge is 2.32. The first kappa shape index (κ1) is 14.1. The monoisotopic (exact) mass is 264 g/mol. The van der Waals surface area contributed by atoms with E-state index in [4.69, 9.17) is 4.74 Å². The van der Waals surface area contributed by atoms with Crippen LogP contribution in [0.15, 0.2) is 12.3 Å². The number of nitrogens with one attached hydrogen (secondary N) is 1. The molecule has 1 heterocycles. The second kappa shape index (κ2) is 6.70. The molecule has 0 saturated heterocycles. The van der Waals surface area contributed by atoms with Gasteiger partial charge in [0.05, 0.1) is 6.61 Å². The van der Waals surface area contributed by atoms with E-state index in [-0.39, 0.29) is 0 Å². The summed E-state index contributed by atoms with van der Waals surface area (Å²) >= 11 is 0. The van der Waals surface area contributed by atoms with E-state index in [9.17, 15) is 0 Å². The molecule has 1 unspecified atom stereocenters. The SMILES string of the molecule is CCNc1nccc(N(CCOC)C(C)C2CC2)n1. The predicted molar refractivity (Wildman–Crippen MR) is 77.6 cm³/mol. The van der Waals surface area contributed by atoms with Gasteiger partial charge in [0.2, 0.25) is 5.95 Å². The number of ether oxygens (including phenoxy) is 1. The molecule has 0 aromatic carbocycles. The van der Waals surface area contributed by atoms with Gasteiger partial charge in [0.15, 0.2) is 0 Å². The molecule has 1 saturated carbocycles. The van der Waals surface area contributed by atoms with E-state index in [1.54, 1.807) is 7.11 Å². The van der Waals surface area contributed by atoms with Crippen molar-refractivity contribution in [3.8, 4) is 0 Å². The first-order chi connectivity index (χ1) is 9.26. The number of rotatable bonds is 8. The van der Waals surface area contributed by atoms with Crippen molar-refractivity contribution in [2.24, 2.45) is 5.92 Å². The van der Waals surface area contributed by atoms with Crippen LogP contribution < -0.4 is 10.2 Å². The Bertz CT molecular complexity index is 395. The van der Waals surface area contributed by atoms with E-state index in [1.807, 2.05) is 19.2 Å². The Labute approximate surface area is 115 Å². The Kier molecular flexibility index (Phi) is 4.96. The minimum atomic E-state index is 0.513. The highest BCUT2D eigenvalue weighted by molar-refractivity contribution is 5.43. The van der Waals surface area contributed by atoms with Crippen LogP contribution in [0, 0.1) is 5.92 Å². The Morgan fingerprint density at radius 3 is 2.95 bits per heavy atom. The highest BCUT2D eigenvalue weighted by atomic mass is 16.5. The molecule has 2 rings (SSSR count). The van der Waals surface area contributed by atoms with Gasteiger partial charge in [-0.25, -0.2) is 4.98 Å². The third kappa shape index (κ3) is 3.80. The predicted octanol–water partition coefficient (Wildman–Crippen LogP) is 2.16. The second-order valence-corrected chi connectivity index (χ2v) is 5.03. The van der Waals surface area contributed by atoms with Crippen molar-refractivity contribution in [1.29, 1.82) is 0 Å². The van der Waals surface area contributed by atoms with Crippen LogP contribution in [0.1, 0.15) is 26.7 Å². The summed E-state index contributed by atoms with van der Waals surface area (Å²) < 4.78 is 5.22. The molecule has 1 atom stereocenters. The average Bonchev–Trinajstić information content (AvgIpc) is 3.24. The third-order valence-electron chi connectivity index (χ3n) is 3.60. The molecular weight excluding hydrogens is 240 g/mol. The molecule has 1 aliphatic rings. The van der Waals surface area contributed by atoms with Gasteiger partial charge in [0.25, 0.3) is 0 Å². The lowest BCUT2D eigenvalue weighted by molar-refractivity contribution is 0.202. The number of hydrogen-bond donors (Lipinski definition) is 1. The number of anilines is 2. The zero-order chi connectivity index (χ0) is 13.7. The number of aromatic nitrogens is 2. The molecule has 0 radical (unpaired) electrons. The Hall–Kier alpha value is -1.36. The van der Waals surface area contributed by atoms with Gasteiger partial charge in [0.1, 0.15) is 5.82 Å². The standard InChI is InChI=1S/C14H24N4O/c1-4-15-14-16-8-7-13(17-14)18(9-10-19-3)11(2)12-5-6-12/h7-8,11-12H,4-6,9-10H2,1-3H3,(H,15,16,17). The zero-order valence-electron chi connectivity index (χ0n) is 12.1. The Morgan fingerprint density at radius 2 is 2.32 bits per heavy atom. The molecule has 5 heteroatoms. The van der Waals surface area contributed by atoms with Crippen molar-refractivity contribution in [3.05, 3.63) is 12.3 Å². The molecule has 106 valence electrons. The summed E-state index contributed by atoms with van der Waals surface area (Å²) in [5.41, 5.74) is 0. The second-order valence-electron chi connectivity index (χ2n) is 5.03. The van der Waals surface area contributed by atoms with Crippen LogP contribution in [0.25, 0.3) is 0 Å². The van der Waals surface area contributed by atoms with Gasteiger partial charge in [0, 0.05) is 32.4 Å². The lowest BCUT2D eigenvalue weighted by Crippen LogP contribution is -2.38. The summed E-state index contributed by atoms with van der Waals surface area (Å²) in [6.45, 7) is 6.75. The number of nitrogens with zero attached hydrogens (tertiary/aromatic N) is 3. The van der Waals surface area contributed by atoms with E-state index < -0.39 is 0 Å². The maximum Gasteiger partial charge on any atom is 0.224 e. The van der Waals surface area contributed by atoms with Crippen LogP contribution in [0.2, 0.25) is 0 Å². The summed E-state index contributed by atoms with van der Waals surface area (Å²) in [7, 11) is 1.74. The topological polar surface area (TPSA) is 50.3 Å². The lowest BCUT2D eigenvalue weighted by Gasteiger charge is -2.30. The summed E-state index contributed by atoms with van der Waals surface area (Å²) in [6.07, 6.45) is 4.48. The van der Waals surface area contributed by atoms with Gasteiger partial charge in [-0.1, -0.05) is 0 Å². The van der Waals surface area contributed by atoms with E-state index in [1.165, 1.54) is 12.8 Å². The molecule has 0 bridgehead atoms. The van der Waals surface area contributed by atoms with Crippen molar-refractivity contribution >= 4 is 11.8 Å². The maximum atomic E-state index is 5.22. The molecule has 0 amide bonds. The van der Waals surface area contributed by atoms with Crippen molar-refractivity contribution < 1.29 is 4.74 Å². The van der Waals surface area contributed by atoms with Gasteiger partial charge < -0.3 is 15.0 Å². The van der Waals surface area contributed by atoms with Crippen LogP contribution in [0.5, 0.6) is 0 Å². The summed E-state index contributed by atoms with van der Waals surface area (Å²) in [5, 5.41) is 3.16. The minimum Gasteiger partial charge on any atom is -0.383 e. The van der Waals surface area contributed by atoms with Gasteiger partial charge >= 0.3 is 0 Å². The quantitative estimate of drug-likeness (QED) is 0.779. The molecule has 0 spiro atoms. The van der Waals surface area contributed by atoms with Crippen LogP contribution in [-0.4, -0.2) is 42.8 Å². The smallest absolute Gasteiger partial charge is 0.224 e. The number of hydrogen-bond acceptors (Lipinski definition) is 5. The fraction of sp³-hybridized carbons (Fsp3) is 0.714. The van der Waals surface area contributed by atoms with Crippen LogP contribution in [0.3, 0.4) is 0 Å². The van der Waals surface area contributed by atoms with E-state index in [0.29, 0.717) is 12.0 Å². The van der Waals surface area contributed by atoms with Crippen molar-refractivity contribution in [3.63, 3.8) is 0 Å². The van der Waals surface area contributed by atoms with Crippen LogP contribution in [0.4, 0.5) is 11.8 Å². The zero-order valence-corrected chi connectivity index (χ0v) is 12.1. The van der Waals surface area contributed by atoms with Crippen LogP contribution in [-0.2, 0) is 4.74 Å². The van der Waals surface area contributed by atoms with Crippen LogP contribution >= 0.6 is 0 Å². The fourth-order valence-electron chi connectivity index (χ4n) is 2.30. The largest absolute Gasteiger partial charge is 0.383 e. The molecule has 1 aliphatic carbocycles. The fourth-order valence-corrected chi connectivity index (χ4v) is 2.30. The summed E-state index contributed by atoms with van der Waals surface area (Å²) in [6, 6.07) is 2.49.